The van der Waals surface area contributed by atoms with E-state index in [9.17, 15) is 19.2 Å². The molecule has 2 saturated heterocycles. The van der Waals surface area contributed by atoms with Crippen molar-refractivity contribution in [2.24, 2.45) is 5.41 Å². The van der Waals surface area contributed by atoms with Crippen molar-refractivity contribution in [3.8, 4) is 5.75 Å². The number of hydrogen-bond donors (Lipinski definition) is 1. The minimum Gasteiger partial charge on any atom is -0.426 e. The molecule has 2 atom stereocenters. The van der Waals surface area contributed by atoms with Crippen LogP contribution >= 0.6 is 0 Å². The van der Waals surface area contributed by atoms with Gasteiger partial charge in [-0.3, -0.25) is 14.4 Å². The Morgan fingerprint density at radius 1 is 0.851 bits per heavy atom. The van der Waals surface area contributed by atoms with Crippen molar-refractivity contribution >= 4 is 34.6 Å². The normalized spacial score (nSPS) is 18.2. The van der Waals surface area contributed by atoms with Crippen LogP contribution < -0.4 is 10.1 Å². The Morgan fingerprint density at radius 2 is 1.55 bits per heavy atom. The van der Waals surface area contributed by atoms with E-state index in [4.69, 9.17) is 4.74 Å². The maximum Gasteiger partial charge on any atom is 0.319 e. The Labute approximate surface area is 275 Å². The molecular weight excluding hydrogens is 592 g/mol. The molecule has 2 heterocycles. The lowest BCUT2D eigenvalue weighted by molar-refractivity contribution is -0.167. The molecule has 9 nitrogen and oxygen atoms in total. The van der Waals surface area contributed by atoms with Crippen molar-refractivity contribution in [1.82, 2.24) is 20.0 Å². The molecule has 242 valence electrons. The van der Waals surface area contributed by atoms with Crippen molar-refractivity contribution in [1.29, 1.82) is 0 Å². The van der Waals surface area contributed by atoms with Crippen LogP contribution in [-0.4, -0.2) is 63.8 Å². The molecule has 47 heavy (non-hydrogen) atoms. The molecule has 2 aliphatic rings. The van der Waals surface area contributed by atoms with Crippen LogP contribution in [0.4, 0.5) is 4.79 Å². The van der Waals surface area contributed by atoms with Crippen LogP contribution in [0.25, 0.3) is 10.8 Å². The van der Waals surface area contributed by atoms with Crippen LogP contribution in [0.2, 0.25) is 0 Å². The molecule has 4 amide bonds. The molecule has 4 aromatic carbocycles. The number of carbonyl (C=O) groups excluding carboxylic acids is 4. The van der Waals surface area contributed by atoms with Crippen molar-refractivity contribution in [2.45, 2.75) is 58.9 Å². The van der Waals surface area contributed by atoms with Gasteiger partial charge in [-0.15, -0.1) is 0 Å². The summed E-state index contributed by atoms with van der Waals surface area (Å²) >= 11 is 0. The van der Waals surface area contributed by atoms with Gasteiger partial charge in [0.2, 0.25) is 11.8 Å². The number of urea groups is 1. The van der Waals surface area contributed by atoms with Gasteiger partial charge >= 0.3 is 12.0 Å². The van der Waals surface area contributed by atoms with E-state index in [-0.39, 0.29) is 49.7 Å². The lowest BCUT2D eigenvalue weighted by Gasteiger charge is -2.52. The number of benzene rings is 4. The first kappa shape index (κ1) is 31.8. The first-order valence-corrected chi connectivity index (χ1v) is 16.0. The lowest BCUT2D eigenvalue weighted by Crippen LogP contribution is -2.72. The maximum absolute atomic E-state index is 14.3. The summed E-state index contributed by atoms with van der Waals surface area (Å²) in [6, 6.07) is 29.7. The molecule has 2 unspecified atom stereocenters. The van der Waals surface area contributed by atoms with Crippen LogP contribution in [0.3, 0.4) is 0 Å². The van der Waals surface area contributed by atoms with E-state index in [2.05, 4.69) is 5.32 Å². The van der Waals surface area contributed by atoms with E-state index in [1.54, 1.807) is 47.6 Å². The zero-order valence-corrected chi connectivity index (χ0v) is 27.0. The smallest absolute Gasteiger partial charge is 0.319 e. The molecule has 0 saturated carbocycles. The Morgan fingerprint density at radius 3 is 2.30 bits per heavy atom. The number of piperazine rings is 1. The number of nitrogens with one attached hydrogen (secondary N) is 1. The largest absolute Gasteiger partial charge is 0.426 e. The van der Waals surface area contributed by atoms with E-state index in [1.807, 2.05) is 84.9 Å². The Balaban J connectivity index is 1.29. The third-order valence-corrected chi connectivity index (χ3v) is 8.82. The van der Waals surface area contributed by atoms with Gasteiger partial charge in [-0.05, 0) is 60.4 Å². The van der Waals surface area contributed by atoms with Gasteiger partial charge in [0.1, 0.15) is 18.0 Å². The van der Waals surface area contributed by atoms with Gasteiger partial charge in [-0.25, -0.2) is 4.79 Å². The van der Waals surface area contributed by atoms with E-state index in [0.29, 0.717) is 18.8 Å². The van der Waals surface area contributed by atoms with Gasteiger partial charge in [0.05, 0.1) is 12.0 Å². The third-order valence-electron chi connectivity index (χ3n) is 8.82. The van der Waals surface area contributed by atoms with Gasteiger partial charge in [-0.2, -0.15) is 0 Å². The van der Waals surface area contributed by atoms with Gasteiger partial charge in [0.25, 0.3) is 0 Å². The molecular formula is C38H40N4O5. The average Bonchev–Trinajstić information content (AvgIpc) is 3.06. The summed E-state index contributed by atoms with van der Waals surface area (Å²) in [5.41, 5.74) is 2.12. The predicted octanol–water partition coefficient (Wildman–Crippen LogP) is 5.52. The standard InChI is InChI=1S/C38H40N4O5/c1-38(2,3)36(45)47-30-18-16-26(17-19-30)22-32-35(44)40(24-29-14-9-13-28-12-7-8-15-31(28)29)25-33-41(21-20-34(43)42(32)33)37(46)39-23-27-10-5-4-6-11-27/h4-19,32-33H,20-25H2,1-3H3,(H,39,46). The Hall–Kier alpha value is -5.18. The summed E-state index contributed by atoms with van der Waals surface area (Å²) in [5, 5.41) is 5.15. The predicted molar refractivity (Wildman–Crippen MR) is 179 cm³/mol. The second-order valence-electron chi connectivity index (χ2n) is 13.2. The van der Waals surface area contributed by atoms with Crippen molar-refractivity contribution in [3.05, 3.63) is 114 Å². The van der Waals surface area contributed by atoms with E-state index < -0.39 is 17.6 Å². The molecule has 0 radical (unpaired) electrons. The van der Waals surface area contributed by atoms with Gasteiger partial charge in [-0.1, -0.05) is 84.9 Å². The monoisotopic (exact) mass is 632 g/mol. The fourth-order valence-corrected chi connectivity index (χ4v) is 6.25. The topological polar surface area (TPSA) is 99.3 Å². The first-order valence-electron chi connectivity index (χ1n) is 16.0. The number of ether oxygens (including phenoxy) is 1. The number of hydrogen-bond acceptors (Lipinski definition) is 5. The van der Waals surface area contributed by atoms with Crippen LogP contribution in [0.1, 0.15) is 43.9 Å². The number of amides is 4. The van der Waals surface area contributed by atoms with Crippen molar-refractivity contribution in [3.63, 3.8) is 0 Å². The van der Waals surface area contributed by atoms with Crippen molar-refractivity contribution < 1.29 is 23.9 Å². The first-order chi connectivity index (χ1) is 22.6. The van der Waals surface area contributed by atoms with Crippen molar-refractivity contribution in [2.75, 3.05) is 13.1 Å². The highest BCUT2D eigenvalue weighted by Crippen LogP contribution is 2.30. The lowest BCUT2D eigenvalue weighted by atomic mass is 9.96. The highest BCUT2D eigenvalue weighted by molar-refractivity contribution is 5.92. The molecule has 1 N–H and O–H groups in total. The molecule has 0 bridgehead atoms. The molecule has 0 spiro atoms. The molecule has 4 aromatic rings. The molecule has 2 aliphatic heterocycles. The fourth-order valence-electron chi connectivity index (χ4n) is 6.25. The molecule has 9 heteroatoms. The number of carbonyl (C=O) groups is 4. The summed E-state index contributed by atoms with van der Waals surface area (Å²) < 4.78 is 5.53. The van der Waals surface area contributed by atoms with Crippen LogP contribution in [-0.2, 0) is 33.9 Å². The minimum absolute atomic E-state index is 0.129. The summed E-state index contributed by atoms with van der Waals surface area (Å²) in [5.74, 6) is -0.253. The Kier molecular flexibility index (Phi) is 8.98. The second kappa shape index (κ2) is 13.3. The summed E-state index contributed by atoms with van der Waals surface area (Å²) in [4.78, 5) is 59.0. The average molecular weight is 633 g/mol. The molecule has 0 aromatic heterocycles. The number of rotatable bonds is 7. The van der Waals surface area contributed by atoms with E-state index >= 15 is 0 Å². The molecule has 6 rings (SSSR count). The molecule has 2 fully saturated rings. The third kappa shape index (κ3) is 6.99. The highest BCUT2D eigenvalue weighted by Gasteiger charge is 2.48. The maximum atomic E-state index is 14.3. The van der Waals surface area contributed by atoms with E-state index in [0.717, 1.165) is 27.5 Å². The number of esters is 1. The second-order valence-corrected chi connectivity index (χ2v) is 13.2. The van der Waals surface area contributed by atoms with Gasteiger partial charge < -0.3 is 24.8 Å². The molecule has 0 aliphatic carbocycles. The summed E-state index contributed by atoms with van der Waals surface area (Å²) in [7, 11) is 0. The minimum atomic E-state index is -0.816. The highest BCUT2D eigenvalue weighted by atomic mass is 16.5. The summed E-state index contributed by atoms with van der Waals surface area (Å²) in [6.07, 6.45) is -0.249. The zero-order valence-electron chi connectivity index (χ0n) is 27.0. The van der Waals surface area contributed by atoms with Crippen LogP contribution in [0, 0.1) is 5.41 Å². The fraction of sp³-hybridized carbons (Fsp3) is 0.316. The summed E-state index contributed by atoms with van der Waals surface area (Å²) in [6.45, 7) is 6.53. The van der Waals surface area contributed by atoms with E-state index in [1.165, 1.54) is 0 Å². The van der Waals surface area contributed by atoms with Gasteiger partial charge in [0, 0.05) is 32.5 Å². The van der Waals surface area contributed by atoms with Crippen LogP contribution in [0.5, 0.6) is 5.75 Å². The Bertz CT molecular complexity index is 1780. The zero-order chi connectivity index (χ0) is 33.1. The van der Waals surface area contributed by atoms with Gasteiger partial charge in [0.15, 0.2) is 0 Å². The number of nitrogens with zero attached hydrogens (tertiary/aromatic N) is 3. The quantitative estimate of drug-likeness (QED) is 0.214. The number of fused-ring (bicyclic) bond motifs is 2. The van der Waals surface area contributed by atoms with Crippen LogP contribution in [0.15, 0.2) is 97.1 Å². The SMILES string of the molecule is CC(C)(C)C(=O)Oc1ccc(CC2C(=O)N(Cc3cccc4ccccc34)CC3N(C(=O)NCc4ccccc4)CCC(=O)N23)cc1.